The zero-order valence-corrected chi connectivity index (χ0v) is 17.3. The Labute approximate surface area is 180 Å². The van der Waals surface area contributed by atoms with Crippen LogP contribution in [0.15, 0.2) is 53.5 Å². The lowest BCUT2D eigenvalue weighted by molar-refractivity contribution is 0.301. The fraction of sp³-hybridized carbons (Fsp3) is 0.240. The number of benzene rings is 3. The molecule has 0 aromatic heterocycles. The minimum Gasteiger partial charge on any atom is -0.453 e. The van der Waals surface area contributed by atoms with Gasteiger partial charge in [-0.25, -0.2) is 4.99 Å². The van der Waals surface area contributed by atoms with Crippen molar-refractivity contribution >= 4 is 27.7 Å². The summed E-state index contributed by atoms with van der Waals surface area (Å²) in [5.74, 6) is 1.13. The lowest BCUT2D eigenvalue weighted by atomic mass is 10.0. The molecule has 31 heavy (non-hydrogen) atoms. The standard InChI is InChI=1S/C25H22N4O2/c1-2-3-10-29(11-12-30)18-8-9-22-23(13-18)31-24-14-21(17(15-26)16-27)19-6-4-5-7-20(19)25(24)28-22/h4-9,13-14,30H,2-3,10-12H2,1H3. The first-order valence-electron chi connectivity index (χ1n) is 10.3. The molecule has 3 aromatic rings. The summed E-state index contributed by atoms with van der Waals surface area (Å²) in [5, 5.41) is 31.1. The zero-order valence-electron chi connectivity index (χ0n) is 17.3. The van der Waals surface area contributed by atoms with Gasteiger partial charge in [-0.1, -0.05) is 37.6 Å². The van der Waals surface area contributed by atoms with Gasteiger partial charge in [-0.15, -0.1) is 0 Å². The van der Waals surface area contributed by atoms with Crippen LogP contribution in [-0.4, -0.2) is 24.8 Å². The Bertz CT molecular complexity index is 1330. The van der Waals surface area contributed by atoms with Gasteiger partial charge in [0, 0.05) is 35.4 Å². The number of fused-ring (bicyclic) bond motifs is 4. The van der Waals surface area contributed by atoms with Crippen molar-refractivity contribution in [3.05, 3.63) is 59.1 Å². The molecule has 3 aromatic carbocycles. The Morgan fingerprint density at radius 2 is 1.81 bits per heavy atom. The van der Waals surface area contributed by atoms with Gasteiger partial charge >= 0.3 is 0 Å². The molecule has 0 saturated carbocycles. The van der Waals surface area contributed by atoms with Crippen molar-refractivity contribution in [2.45, 2.75) is 19.8 Å². The van der Waals surface area contributed by atoms with Crippen LogP contribution in [0.3, 0.4) is 0 Å². The van der Waals surface area contributed by atoms with Gasteiger partial charge in [-0.2, -0.15) is 10.5 Å². The van der Waals surface area contributed by atoms with Crippen molar-refractivity contribution in [3.8, 4) is 23.6 Å². The third kappa shape index (κ3) is 3.82. The van der Waals surface area contributed by atoms with Crippen LogP contribution in [-0.2, 0) is 0 Å². The zero-order chi connectivity index (χ0) is 21.8. The predicted molar refractivity (Wildman–Crippen MR) is 120 cm³/mol. The van der Waals surface area contributed by atoms with Gasteiger partial charge in [-0.3, -0.25) is 0 Å². The number of rotatable bonds is 6. The molecule has 0 amide bonds. The molecule has 6 heteroatoms. The molecule has 1 aliphatic heterocycles. The molecule has 0 spiro atoms. The molecule has 0 bridgehead atoms. The normalized spacial score (nSPS) is 11.4. The first kappa shape index (κ1) is 20.4. The minimum absolute atomic E-state index is 0.0378. The lowest BCUT2D eigenvalue weighted by Crippen LogP contribution is -2.27. The first-order valence-corrected chi connectivity index (χ1v) is 10.3. The Morgan fingerprint density at radius 3 is 2.52 bits per heavy atom. The van der Waals surface area contributed by atoms with E-state index in [1.54, 1.807) is 6.07 Å². The summed E-state index contributed by atoms with van der Waals surface area (Å²) < 4.78 is 6.22. The van der Waals surface area contributed by atoms with Crippen LogP contribution >= 0.6 is 0 Å². The smallest absolute Gasteiger partial charge is 0.155 e. The third-order valence-electron chi connectivity index (χ3n) is 5.39. The SMILES string of the molecule is CCCCN(CCO)c1ccc2c(c1)Oc1cc(=C(C#N)C#N)c3ccccc3c1=N2. The van der Waals surface area contributed by atoms with Crippen LogP contribution in [0.25, 0.3) is 16.3 Å². The molecule has 0 aliphatic carbocycles. The highest BCUT2D eigenvalue weighted by Gasteiger charge is 2.18. The summed E-state index contributed by atoms with van der Waals surface area (Å²) >= 11 is 0. The van der Waals surface area contributed by atoms with Gasteiger partial charge in [0.2, 0.25) is 0 Å². The number of anilines is 1. The monoisotopic (exact) mass is 410 g/mol. The van der Waals surface area contributed by atoms with Gasteiger partial charge < -0.3 is 14.7 Å². The molecule has 154 valence electrons. The Hall–Kier alpha value is -3.87. The van der Waals surface area contributed by atoms with Crippen molar-refractivity contribution in [2.75, 3.05) is 24.6 Å². The highest BCUT2D eigenvalue weighted by molar-refractivity contribution is 5.90. The number of nitriles is 2. The van der Waals surface area contributed by atoms with Crippen LogP contribution in [0.1, 0.15) is 19.8 Å². The highest BCUT2D eigenvalue weighted by atomic mass is 16.5. The largest absolute Gasteiger partial charge is 0.453 e. The van der Waals surface area contributed by atoms with Crippen LogP contribution in [0, 0.1) is 22.7 Å². The predicted octanol–water partition coefficient (Wildman–Crippen LogP) is 3.69. The van der Waals surface area contributed by atoms with Gasteiger partial charge in [0.1, 0.15) is 28.8 Å². The van der Waals surface area contributed by atoms with E-state index in [-0.39, 0.29) is 12.2 Å². The molecule has 0 saturated heterocycles. The van der Waals surface area contributed by atoms with E-state index in [0.717, 1.165) is 41.5 Å². The van der Waals surface area contributed by atoms with Crippen molar-refractivity contribution in [1.29, 1.82) is 10.5 Å². The maximum Gasteiger partial charge on any atom is 0.155 e. The fourth-order valence-electron chi connectivity index (χ4n) is 3.83. The maximum absolute atomic E-state index is 9.45. The summed E-state index contributed by atoms with van der Waals surface area (Å²) in [6, 6.07) is 19.1. The van der Waals surface area contributed by atoms with Crippen molar-refractivity contribution < 1.29 is 9.84 Å². The van der Waals surface area contributed by atoms with E-state index in [1.807, 2.05) is 54.6 Å². The van der Waals surface area contributed by atoms with Crippen LogP contribution in [0.2, 0.25) is 0 Å². The van der Waals surface area contributed by atoms with E-state index in [0.29, 0.717) is 28.6 Å². The number of ether oxygens (including phenoxy) is 1. The molecule has 0 fully saturated rings. The van der Waals surface area contributed by atoms with Gasteiger partial charge in [0.15, 0.2) is 11.5 Å². The van der Waals surface area contributed by atoms with E-state index in [9.17, 15) is 15.6 Å². The molecule has 0 unspecified atom stereocenters. The molecule has 6 nitrogen and oxygen atoms in total. The lowest BCUT2D eigenvalue weighted by Gasteiger charge is -2.25. The van der Waals surface area contributed by atoms with E-state index < -0.39 is 0 Å². The topological polar surface area (TPSA) is 92.6 Å². The second-order valence-corrected chi connectivity index (χ2v) is 7.35. The maximum atomic E-state index is 9.45. The van der Waals surface area contributed by atoms with Crippen LogP contribution in [0.5, 0.6) is 11.5 Å². The van der Waals surface area contributed by atoms with Crippen molar-refractivity contribution in [1.82, 2.24) is 0 Å². The summed E-state index contributed by atoms with van der Waals surface area (Å²) in [6.07, 6.45) is 2.10. The number of aliphatic hydroxyl groups excluding tert-OH is 1. The van der Waals surface area contributed by atoms with Crippen molar-refractivity contribution in [2.24, 2.45) is 4.99 Å². The van der Waals surface area contributed by atoms with E-state index >= 15 is 0 Å². The number of unbranched alkanes of at least 4 members (excludes halogenated alkanes) is 1. The van der Waals surface area contributed by atoms with Gasteiger partial charge in [0.25, 0.3) is 0 Å². The average Bonchev–Trinajstić information content (AvgIpc) is 2.81. The van der Waals surface area contributed by atoms with Crippen LogP contribution in [0.4, 0.5) is 11.4 Å². The van der Waals surface area contributed by atoms with E-state index in [2.05, 4.69) is 11.8 Å². The summed E-state index contributed by atoms with van der Waals surface area (Å²) in [5.41, 5.74) is 1.72. The first-order chi connectivity index (χ1) is 15.2. The quantitative estimate of drug-likeness (QED) is 0.523. The summed E-state index contributed by atoms with van der Waals surface area (Å²) in [6.45, 7) is 3.61. The molecule has 4 rings (SSSR count). The molecule has 0 atom stereocenters. The Morgan fingerprint density at radius 1 is 1.03 bits per heavy atom. The third-order valence-corrected chi connectivity index (χ3v) is 5.39. The molecule has 1 heterocycles. The van der Waals surface area contributed by atoms with Crippen molar-refractivity contribution in [3.63, 3.8) is 0 Å². The van der Waals surface area contributed by atoms with E-state index in [4.69, 9.17) is 9.73 Å². The van der Waals surface area contributed by atoms with Gasteiger partial charge in [0.05, 0.1) is 6.61 Å². The molecule has 1 N–H and O–H groups in total. The Balaban J connectivity index is 1.89. The van der Waals surface area contributed by atoms with Crippen LogP contribution < -0.4 is 20.2 Å². The molecule has 0 radical (unpaired) electrons. The summed E-state index contributed by atoms with van der Waals surface area (Å²) in [7, 11) is 0. The minimum atomic E-state index is 0.0378. The number of hydrogen-bond donors (Lipinski definition) is 1. The number of hydrogen-bond acceptors (Lipinski definition) is 6. The fourth-order valence-corrected chi connectivity index (χ4v) is 3.83. The number of aliphatic hydroxyl groups is 1. The van der Waals surface area contributed by atoms with Gasteiger partial charge in [-0.05, 0) is 30.0 Å². The molecular weight excluding hydrogens is 388 g/mol. The van der Waals surface area contributed by atoms with E-state index in [1.165, 1.54) is 0 Å². The second-order valence-electron chi connectivity index (χ2n) is 7.35. The summed E-state index contributed by atoms with van der Waals surface area (Å²) in [4.78, 5) is 6.96. The average molecular weight is 410 g/mol. The molecule has 1 aliphatic rings. The second kappa shape index (κ2) is 8.87. The molecular formula is C25H22N4O2. The Kier molecular flexibility index (Phi) is 5.84. The number of nitrogens with zero attached hydrogens (tertiary/aromatic N) is 4. The highest BCUT2D eigenvalue weighted by Crippen LogP contribution is 2.37.